The fourth-order valence-corrected chi connectivity index (χ4v) is 7.04. The van der Waals surface area contributed by atoms with Gasteiger partial charge < -0.3 is 25.0 Å². The smallest absolute Gasteiger partial charge is 0.435 e. The van der Waals surface area contributed by atoms with Crippen LogP contribution in [0, 0.1) is 12.8 Å². The number of carboxylic acids is 1. The number of aryl methyl sites for hydroxylation is 1. The van der Waals surface area contributed by atoms with E-state index in [-0.39, 0.29) is 23.4 Å². The summed E-state index contributed by atoms with van der Waals surface area (Å²) in [6.45, 7) is 6.79. The highest BCUT2D eigenvalue weighted by molar-refractivity contribution is 6.04. The first-order chi connectivity index (χ1) is 24.7. The first-order valence-corrected chi connectivity index (χ1v) is 17.5. The molecule has 5 rings (SSSR count). The van der Waals surface area contributed by atoms with Crippen LogP contribution in [-0.2, 0) is 27.0 Å². The van der Waals surface area contributed by atoms with Crippen molar-refractivity contribution >= 4 is 34.5 Å². The van der Waals surface area contributed by atoms with Gasteiger partial charge in [-0.05, 0) is 61.8 Å². The highest BCUT2D eigenvalue weighted by Crippen LogP contribution is 2.40. The van der Waals surface area contributed by atoms with Crippen molar-refractivity contribution in [3.63, 3.8) is 0 Å². The molecule has 0 aliphatic heterocycles. The SMILES string of the molecule is Cc1cccc2[nH]c(C(=O)N(C3CCCCC3)[C@@H](C)C(=O)NC(CC(=O)O)C(=O)COc3[nH]nc(C(F)(F)F)c3-c3ccccc3)c(CC(C)C)c12. The van der Waals surface area contributed by atoms with Gasteiger partial charge in [0, 0.05) is 16.9 Å². The molecule has 2 aromatic carbocycles. The average molecular weight is 724 g/mol. The Morgan fingerprint density at radius 2 is 1.71 bits per heavy atom. The summed E-state index contributed by atoms with van der Waals surface area (Å²) in [6.07, 6.45) is -0.994. The number of amides is 2. The Balaban J connectivity index is 1.40. The normalized spacial score (nSPS) is 15.0. The van der Waals surface area contributed by atoms with Gasteiger partial charge in [0.2, 0.25) is 11.8 Å². The lowest BCUT2D eigenvalue weighted by molar-refractivity contribution is -0.141. The van der Waals surface area contributed by atoms with E-state index in [2.05, 4.69) is 34.3 Å². The van der Waals surface area contributed by atoms with Crippen LogP contribution in [0.25, 0.3) is 22.0 Å². The third-order valence-corrected chi connectivity index (χ3v) is 9.47. The molecule has 0 radical (unpaired) electrons. The van der Waals surface area contributed by atoms with E-state index in [1.165, 1.54) is 24.3 Å². The molecule has 2 heterocycles. The van der Waals surface area contributed by atoms with Crippen LogP contribution in [0.5, 0.6) is 5.88 Å². The largest absolute Gasteiger partial charge is 0.481 e. The van der Waals surface area contributed by atoms with E-state index in [1.807, 2.05) is 25.1 Å². The summed E-state index contributed by atoms with van der Waals surface area (Å²) in [5, 5.41) is 18.7. The van der Waals surface area contributed by atoms with Gasteiger partial charge in [0.1, 0.15) is 17.8 Å². The van der Waals surface area contributed by atoms with Gasteiger partial charge in [-0.1, -0.05) is 75.6 Å². The second kappa shape index (κ2) is 16.0. The summed E-state index contributed by atoms with van der Waals surface area (Å²) in [7, 11) is 0. The van der Waals surface area contributed by atoms with Crippen LogP contribution in [-0.4, -0.2) is 73.5 Å². The van der Waals surface area contributed by atoms with Crippen molar-refractivity contribution in [2.45, 2.75) is 96.9 Å². The number of benzene rings is 2. The zero-order chi connectivity index (χ0) is 37.7. The molecule has 1 saturated carbocycles. The maximum absolute atomic E-state index is 14.6. The number of carboxylic acid groups (broad SMARTS) is 1. The zero-order valence-electron chi connectivity index (χ0n) is 29.6. The van der Waals surface area contributed by atoms with Crippen molar-refractivity contribution in [1.29, 1.82) is 0 Å². The fraction of sp³-hybridized carbons (Fsp3) is 0.447. The fourth-order valence-electron chi connectivity index (χ4n) is 7.04. The summed E-state index contributed by atoms with van der Waals surface area (Å²) < 4.78 is 46.9. The van der Waals surface area contributed by atoms with Gasteiger partial charge >= 0.3 is 12.1 Å². The number of alkyl halides is 3. The maximum Gasteiger partial charge on any atom is 0.435 e. The number of Topliss-reactive ketones (excluding diaryl/α,β-unsaturated/α-hetero) is 1. The Labute approximate surface area is 299 Å². The van der Waals surface area contributed by atoms with E-state index in [0.29, 0.717) is 25.0 Å². The Morgan fingerprint density at radius 3 is 2.35 bits per heavy atom. The van der Waals surface area contributed by atoms with Crippen molar-refractivity contribution in [2.24, 2.45) is 5.92 Å². The highest BCUT2D eigenvalue weighted by atomic mass is 19.4. The lowest BCUT2D eigenvalue weighted by Gasteiger charge is -2.38. The number of carbonyl (C=O) groups excluding carboxylic acids is 3. The van der Waals surface area contributed by atoms with E-state index in [4.69, 9.17) is 4.74 Å². The van der Waals surface area contributed by atoms with E-state index >= 15 is 0 Å². The molecule has 2 atom stereocenters. The van der Waals surface area contributed by atoms with Crippen molar-refractivity contribution in [2.75, 3.05) is 6.61 Å². The predicted molar refractivity (Wildman–Crippen MR) is 188 cm³/mol. The molecule has 0 bridgehead atoms. The molecule has 0 saturated heterocycles. The van der Waals surface area contributed by atoms with Crippen LogP contribution < -0.4 is 10.1 Å². The lowest BCUT2D eigenvalue weighted by Crippen LogP contribution is -2.56. The Hall–Kier alpha value is -5.14. The second-order valence-corrected chi connectivity index (χ2v) is 13.8. The minimum absolute atomic E-state index is 0.129. The molecule has 1 aliphatic rings. The number of carbonyl (C=O) groups is 4. The summed E-state index contributed by atoms with van der Waals surface area (Å²) in [6, 6.07) is 10.3. The van der Waals surface area contributed by atoms with Gasteiger partial charge in [-0.15, -0.1) is 0 Å². The minimum Gasteiger partial charge on any atom is -0.481 e. The zero-order valence-corrected chi connectivity index (χ0v) is 29.6. The Kier molecular flexibility index (Phi) is 11.8. The average Bonchev–Trinajstić information content (AvgIpc) is 3.70. The Bertz CT molecular complexity index is 1910. The van der Waals surface area contributed by atoms with E-state index < -0.39 is 66.1 Å². The van der Waals surface area contributed by atoms with Gasteiger partial charge in [0.05, 0.1) is 12.0 Å². The van der Waals surface area contributed by atoms with Crippen LogP contribution in [0.15, 0.2) is 48.5 Å². The molecule has 4 N–H and O–H groups in total. The molecule has 1 aliphatic carbocycles. The summed E-state index contributed by atoms with van der Waals surface area (Å²) >= 11 is 0. The van der Waals surface area contributed by atoms with Gasteiger partial charge in [-0.3, -0.25) is 19.2 Å². The lowest BCUT2D eigenvalue weighted by atomic mass is 9.92. The van der Waals surface area contributed by atoms with E-state index in [1.54, 1.807) is 17.9 Å². The molecule has 2 aromatic heterocycles. The van der Waals surface area contributed by atoms with Crippen molar-refractivity contribution in [3.8, 4) is 17.0 Å². The topological polar surface area (TPSA) is 157 Å². The molecule has 2 amide bonds. The van der Waals surface area contributed by atoms with Gasteiger partial charge in [0.25, 0.3) is 5.91 Å². The van der Waals surface area contributed by atoms with Crippen LogP contribution in [0.3, 0.4) is 0 Å². The number of rotatable bonds is 14. The van der Waals surface area contributed by atoms with Crippen LogP contribution in [0.1, 0.15) is 86.6 Å². The molecular formula is C38H44F3N5O6. The third-order valence-electron chi connectivity index (χ3n) is 9.47. The summed E-state index contributed by atoms with van der Waals surface area (Å²) in [4.78, 5) is 58.7. The second-order valence-electron chi connectivity index (χ2n) is 13.8. The highest BCUT2D eigenvalue weighted by Gasteiger charge is 2.40. The first-order valence-electron chi connectivity index (χ1n) is 17.5. The number of aliphatic carboxylic acids is 1. The summed E-state index contributed by atoms with van der Waals surface area (Å²) in [5.74, 6) is -3.62. The molecule has 1 unspecified atom stereocenters. The number of nitrogens with one attached hydrogen (secondary N) is 3. The number of H-pyrrole nitrogens is 2. The monoisotopic (exact) mass is 723 g/mol. The molecule has 1 fully saturated rings. The quantitative estimate of drug-likeness (QED) is 0.111. The molecule has 11 nitrogen and oxygen atoms in total. The van der Waals surface area contributed by atoms with E-state index in [9.17, 15) is 37.5 Å². The Morgan fingerprint density at radius 1 is 1.02 bits per heavy atom. The molecule has 14 heteroatoms. The molecule has 0 spiro atoms. The van der Waals surface area contributed by atoms with Crippen molar-refractivity contribution in [1.82, 2.24) is 25.4 Å². The number of ketones is 1. The number of aromatic nitrogens is 3. The predicted octanol–water partition coefficient (Wildman–Crippen LogP) is 6.85. The number of nitrogens with zero attached hydrogens (tertiary/aromatic N) is 2. The molecular weight excluding hydrogens is 679 g/mol. The van der Waals surface area contributed by atoms with Crippen molar-refractivity contribution in [3.05, 3.63) is 71.0 Å². The van der Waals surface area contributed by atoms with Gasteiger partial charge in [0.15, 0.2) is 18.1 Å². The standard InChI is InChI=1S/C38H44F3N5O6/c1-21(2)18-26-31-22(3)12-11-17-27(31)42-33(26)37(51)46(25-15-9-6-10-16-25)23(4)35(50)43-28(19-30(48)49)29(47)20-52-36-32(24-13-7-5-8-14-24)34(44-45-36)38(39,40)41/h5,7-8,11-14,17,21,23,25,28,42H,6,9-10,15-16,18-20H2,1-4H3,(H,43,50)(H,44,45)(H,48,49)/t23-,28?/m0/s1. The molecule has 52 heavy (non-hydrogen) atoms. The maximum atomic E-state index is 14.6. The van der Waals surface area contributed by atoms with Crippen LogP contribution >= 0.6 is 0 Å². The number of ether oxygens (including phenoxy) is 1. The number of halogens is 3. The van der Waals surface area contributed by atoms with Gasteiger partial charge in [-0.25, -0.2) is 5.10 Å². The molecule has 4 aromatic rings. The van der Waals surface area contributed by atoms with Crippen LogP contribution in [0.2, 0.25) is 0 Å². The van der Waals surface area contributed by atoms with Crippen molar-refractivity contribution < 1.29 is 42.2 Å². The first kappa shape index (κ1) is 38.1. The number of hydrogen-bond donors (Lipinski definition) is 4. The minimum atomic E-state index is -4.84. The van der Waals surface area contributed by atoms with Gasteiger partial charge in [-0.2, -0.15) is 18.3 Å². The molecule has 278 valence electrons. The van der Waals surface area contributed by atoms with Crippen LogP contribution in [0.4, 0.5) is 13.2 Å². The number of aromatic amines is 2. The third kappa shape index (κ3) is 8.48. The van der Waals surface area contributed by atoms with E-state index in [0.717, 1.165) is 41.3 Å². The number of hydrogen-bond acceptors (Lipinski definition) is 6. The number of fused-ring (bicyclic) bond motifs is 1. The summed E-state index contributed by atoms with van der Waals surface area (Å²) in [5.41, 5.74) is 1.53.